The molecular weight excluding hydrogens is 268 g/mol. The number of carbonyl (C=O) groups excluding carboxylic acids is 1. The molecule has 2 aromatic rings. The molecule has 19 heavy (non-hydrogen) atoms. The van der Waals surface area contributed by atoms with Crippen molar-refractivity contribution in [1.29, 1.82) is 0 Å². The molecule has 0 atom stereocenters. The van der Waals surface area contributed by atoms with Gasteiger partial charge in [0.1, 0.15) is 5.75 Å². The quantitative estimate of drug-likeness (QED) is 0.402. The molecule has 0 aliphatic heterocycles. The van der Waals surface area contributed by atoms with E-state index >= 15 is 0 Å². The van der Waals surface area contributed by atoms with Crippen LogP contribution in [0.1, 0.15) is 0 Å². The minimum absolute atomic E-state index is 0.202. The average Bonchev–Trinajstić information content (AvgIpc) is 2.37. The number of fused-ring (bicyclic) bond motifs is 1. The van der Waals surface area contributed by atoms with Crippen molar-refractivity contribution < 1.29 is 22.5 Å². The second kappa shape index (κ2) is 4.83. The highest BCUT2D eigenvalue weighted by molar-refractivity contribution is 7.90. The lowest BCUT2D eigenvalue weighted by Crippen LogP contribution is -2.17. The van der Waals surface area contributed by atoms with E-state index < -0.39 is 21.0 Å². The number of hydrogen-bond acceptors (Lipinski definition) is 4. The first-order valence-corrected chi connectivity index (χ1v) is 6.70. The third-order valence-electron chi connectivity index (χ3n) is 2.49. The van der Waals surface area contributed by atoms with Crippen molar-refractivity contribution in [1.82, 2.24) is 0 Å². The monoisotopic (exact) mass is 278 g/mol. The standard InChI is InChI=1S/C13H10O5S/c1-9(19(15,16)17)13(14)18-12-8-4-6-10-5-2-3-7-11(10)12/h2-8H,1H2,(H,15,16,17). The molecular formula is C13H10O5S. The number of carbonyl (C=O) groups is 1. The van der Waals surface area contributed by atoms with Crippen molar-refractivity contribution in [3.05, 3.63) is 53.9 Å². The van der Waals surface area contributed by atoms with Crippen LogP contribution in [0.3, 0.4) is 0 Å². The Kier molecular flexibility index (Phi) is 3.37. The third-order valence-corrected chi connectivity index (χ3v) is 3.28. The van der Waals surface area contributed by atoms with Gasteiger partial charge in [0.25, 0.3) is 0 Å². The normalized spacial score (nSPS) is 11.2. The van der Waals surface area contributed by atoms with Crippen LogP contribution in [0.25, 0.3) is 10.8 Å². The summed E-state index contributed by atoms with van der Waals surface area (Å²) >= 11 is 0. The van der Waals surface area contributed by atoms with Gasteiger partial charge in [-0.3, -0.25) is 4.55 Å². The summed E-state index contributed by atoms with van der Waals surface area (Å²) in [7, 11) is -4.64. The van der Waals surface area contributed by atoms with E-state index in [1.165, 1.54) is 6.07 Å². The third kappa shape index (κ3) is 2.81. The second-order valence-corrected chi connectivity index (χ2v) is 5.21. The fourth-order valence-electron chi connectivity index (χ4n) is 1.55. The number of hydrogen-bond donors (Lipinski definition) is 1. The van der Waals surface area contributed by atoms with Crippen LogP contribution in [-0.4, -0.2) is 18.9 Å². The molecule has 0 spiro atoms. The topological polar surface area (TPSA) is 80.7 Å². The van der Waals surface area contributed by atoms with E-state index in [1.807, 2.05) is 18.2 Å². The van der Waals surface area contributed by atoms with Gasteiger partial charge in [0.05, 0.1) is 0 Å². The van der Waals surface area contributed by atoms with Crippen LogP contribution < -0.4 is 4.74 Å². The summed E-state index contributed by atoms with van der Waals surface area (Å²) in [5.41, 5.74) is 0. The van der Waals surface area contributed by atoms with Gasteiger partial charge in [-0.05, 0) is 11.5 Å². The highest BCUT2D eigenvalue weighted by Crippen LogP contribution is 2.25. The summed E-state index contributed by atoms with van der Waals surface area (Å²) in [6.07, 6.45) is 0. The highest BCUT2D eigenvalue weighted by atomic mass is 32.2. The molecule has 0 heterocycles. The molecule has 0 aliphatic rings. The van der Waals surface area contributed by atoms with Gasteiger partial charge in [0, 0.05) is 5.39 Å². The summed E-state index contributed by atoms with van der Waals surface area (Å²) in [4.78, 5) is 10.5. The van der Waals surface area contributed by atoms with Crippen molar-refractivity contribution in [2.45, 2.75) is 0 Å². The first-order valence-electron chi connectivity index (χ1n) is 5.26. The minimum atomic E-state index is -4.64. The smallest absolute Gasteiger partial charge is 0.357 e. The molecule has 0 unspecified atom stereocenters. The average molecular weight is 278 g/mol. The zero-order valence-electron chi connectivity index (χ0n) is 9.74. The number of esters is 1. The Labute approximate surface area is 109 Å². The summed E-state index contributed by atoms with van der Waals surface area (Å²) in [6.45, 7) is 2.99. The molecule has 0 amide bonds. The van der Waals surface area contributed by atoms with Crippen molar-refractivity contribution in [2.24, 2.45) is 0 Å². The lowest BCUT2D eigenvalue weighted by Gasteiger charge is -2.07. The maximum absolute atomic E-state index is 11.5. The summed E-state index contributed by atoms with van der Waals surface area (Å²) in [5, 5.41) is 1.49. The van der Waals surface area contributed by atoms with E-state index in [0.29, 0.717) is 5.39 Å². The lowest BCUT2D eigenvalue weighted by molar-refractivity contribution is -0.129. The van der Waals surface area contributed by atoms with E-state index in [1.54, 1.807) is 18.2 Å². The molecule has 0 bridgehead atoms. The molecule has 6 heteroatoms. The van der Waals surface area contributed by atoms with Crippen molar-refractivity contribution in [3.8, 4) is 5.75 Å². The maximum atomic E-state index is 11.5. The zero-order chi connectivity index (χ0) is 14.0. The van der Waals surface area contributed by atoms with Crippen molar-refractivity contribution in [2.75, 3.05) is 0 Å². The Hall–Kier alpha value is -2.18. The number of benzene rings is 2. The predicted octanol–water partition coefficient (Wildman–Crippen LogP) is 2.15. The van der Waals surface area contributed by atoms with E-state index in [2.05, 4.69) is 6.58 Å². The van der Waals surface area contributed by atoms with E-state index in [-0.39, 0.29) is 5.75 Å². The van der Waals surface area contributed by atoms with E-state index in [4.69, 9.17) is 9.29 Å². The predicted molar refractivity (Wildman–Crippen MR) is 70.3 cm³/mol. The van der Waals surface area contributed by atoms with Gasteiger partial charge in [-0.15, -0.1) is 0 Å². The number of rotatable bonds is 3. The Morgan fingerprint density at radius 2 is 1.74 bits per heavy atom. The minimum Gasteiger partial charge on any atom is -0.422 e. The fourth-order valence-corrected chi connectivity index (χ4v) is 1.80. The Morgan fingerprint density at radius 3 is 2.42 bits per heavy atom. The maximum Gasteiger partial charge on any atom is 0.357 e. The first kappa shape index (κ1) is 13.3. The zero-order valence-corrected chi connectivity index (χ0v) is 10.6. The lowest BCUT2D eigenvalue weighted by atomic mass is 10.1. The summed E-state index contributed by atoms with van der Waals surface area (Å²) in [5.74, 6) is -1.01. The summed E-state index contributed by atoms with van der Waals surface area (Å²) < 4.78 is 35.2. The molecule has 98 valence electrons. The molecule has 2 rings (SSSR count). The molecule has 0 fully saturated rings. The van der Waals surface area contributed by atoms with E-state index in [9.17, 15) is 13.2 Å². The van der Waals surface area contributed by atoms with Gasteiger partial charge >= 0.3 is 16.1 Å². The van der Waals surface area contributed by atoms with Crippen LogP contribution in [-0.2, 0) is 14.9 Å². The van der Waals surface area contributed by atoms with Crippen molar-refractivity contribution >= 4 is 26.9 Å². The first-order chi connectivity index (χ1) is 8.89. The van der Waals surface area contributed by atoms with Gasteiger partial charge in [0.15, 0.2) is 4.91 Å². The van der Waals surface area contributed by atoms with Crippen molar-refractivity contribution in [3.63, 3.8) is 0 Å². The van der Waals surface area contributed by atoms with Crippen LogP contribution in [0.2, 0.25) is 0 Å². The van der Waals surface area contributed by atoms with Gasteiger partial charge in [-0.1, -0.05) is 43.0 Å². The van der Waals surface area contributed by atoms with Gasteiger partial charge in [-0.2, -0.15) is 8.42 Å². The number of ether oxygens (including phenoxy) is 1. The Morgan fingerprint density at radius 1 is 1.11 bits per heavy atom. The Balaban J connectivity index is 2.37. The molecule has 0 aliphatic carbocycles. The molecule has 2 aromatic carbocycles. The van der Waals surface area contributed by atoms with Crippen LogP contribution >= 0.6 is 0 Å². The molecule has 5 nitrogen and oxygen atoms in total. The largest absolute Gasteiger partial charge is 0.422 e. The highest BCUT2D eigenvalue weighted by Gasteiger charge is 2.22. The molecule has 0 saturated heterocycles. The van der Waals surface area contributed by atoms with Crippen LogP contribution in [0, 0.1) is 0 Å². The molecule has 0 saturated carbocycles. The molecule has 0 aromatic heterocycles. The van der Waals surface area contributed by atoms with E-state index in [0.717, 1.165) is 5.39 Å². The molecule has 1 N–H and O–H groups in total. The summed E-state index contributed by atoms with van der Waals surface area (Å²) in [6, 6.07) is 12.2. The van der Waals surface area contributed by atoms with Crippen LogP contribution in [0.15, 0.2) is 53.9 Å². The van der Waals surface area contributed by atoms with Crippen LogP contribution in [0.4, 0.5) is 0 Å². The molecule has 0 radical (unpaired) electrons. The second-order valence-electron chi connectivity index (χ2n) is 3.77. The van der Waals surface area contributed by atoms with Gasteiger partial charge in [0.2, 0.25) is 0 Å². The SMILES string of the molecule is C=C(C(=O)Oc1cccc2ccccc12)S(=O)(=O)O. The van der Waals surface area contributed by atoms with Gasteiger partial charge < -0.3 is 4.74 Å². The van der Waals surface area contributed by atoms with Gasteiger partial charge in [-0.25, -0.2) is 4.79 Å². The Bertz CT molecular complexity index is 756. The fraction of sp³-hybridized carbons (Fsp3) is 0. The van der Waals surface area contributed by atoms with Crippen LogP contribution in [0.5, 0.6) is 5.75 Å².